The minimum Gasteiger partial charge on any atom is -0.464 e. The zero-order chi connectivity index (χ0) is 18.7. The van der Waals surface area contributed by atoms with Crippen LogP contribution in [-0.4, -0.2) is 54.0 Å². The summed E-state index contributed by atoms with van der Waals surface area (Å²) in [5.74, 6) is 3.71. The lowest BCUT2D eigenvalue weighted by atomic mass is 10.2. The molecular weight excluding hydrogens is 344 g/mol. The van der Waals surface area contributed by atoms with E-state index in [-0.39, 0.29) is 12.6 Å². The molecule has 0 fully saturated rings. The Morgan fingerprint density at radius 1 is 1.48 bits per heavy atom. The van der Waals surface area contributed by atoms with Crippen molar-refractivity contribution in [1.29, 1.82) is 0 Å². The summed E-state index contributed by atoms with van der Waals surface area (Å²) in [7, 11) is 3.99. The van der Waals surface area contributed by atoms with E-state index in [1.807, 2.05) is 38.1 Å². The quantitative estimate of drug-likeness (QED) is 0.272. The number of nitrogens with one attached hydrogen (secondary N) is 2. The number of hydrogen-bond donors (Lipinski definition) is 3. The molecule has 0 saturated carbocycles. The fourth-order valence-corrected chi connectivity index (χ4v) is 2.81. The zero-order valence-corrected chi connectivity index (χ0v) is 15.8. The van der Waals surface area contributed by atoms with Gasteiger partial charge in [-0.05, 0) is 32.6 Å². The number of rotatable bonds is 13. The summed E-state index contributed by atoms with van der Waals surface area (Å²) in [6.07, 6.45) is 1.57. The molecular formula is C16H28N4O4S. The molecule has 8 nitrogen and oxygen atoms in total. The van der Waals surface area contributed by atoms with Crippen molar-refractivity contribution in [2.75, 3.05) is 33.0 Å². The van der Waals surface area contributed by atoms with Gasteiger partial charge < -0.3 is 25.1 Å². The second-order valence-electron chi connectivity index (χ2n) is 5.85. The van der Waals surface area contributed by atoms with Crippen LogP contribution in [0.15, 0.2) is 28.6 Å². The molecule has 0 aliphatic heterocycles. The standard InChI is InChI=1S/C16H28N4O4S/c1-4-13(11-21)18-16(10-20(22)23)17-7-8-25-12-15-6-5-14(24-15)9-19(2)3/h5-6,10,13,17-18,21H,4,7-9,11-12H2,1-3H3. The molecule has 142 valence electrons. The van der Waals surface area contributed by atoms with Gasteiger partial charge in [0.25, 0.3) is 6.20 Å². The van der Waals surface area contributed by atoms with Crippen LogP contribution in [-0.2, 0) is 12.3 Å². The molecule has 3 N–H and O–H groups in total. The Morgan fingerprint density at radius 2 is 2.20 bits per heavy atom. The van der Waals surface area contributed by atoms with Gasteiger partial charge in [-0.25, -0.2) is 0 Å². The highest BCUT2D eigenvalue weighted by Gasteiger charge is 2.09. The highest BCUT2D eigenvalue weighted by Crippen LogP contribution is 2.16. The van der Waals surface area contributed by atoms with Crippen LogP contribution in [0, 0.1) is 10.1 Å². The number of thioether (sulfide) groups is 1. The van der Waals surface area contributed by atoms with Crippen molar-refractivity contribution in [2.45, 2.75) is 31.7 Å². The Hall–Kier alpha value is -1.71. The third-order valence-electron chi connectivity index (χ3n) is 3.30. The van der Waals surface area contributed by atoms with Crippen LogP contribution in [0.4, 0.5) is 0 Å². The Kier molecular flexibility index (Phi) is 10.0. The highest BCUT2D eigenvalue weighted by atomic mass is 32.2. The fraction of sp³-hybridized carbons (Fsp3) is 0.625. The van der Waals surface area contributed by atoms with Crippen LogP contribution in [0.3, 0.4) is 0 Å². The third-order valence-corrected chi connectivity index (χ3v) is 4.28. The molecule has 1 atom stereocenters. The number of nitrogens with zero attached hydrogens (tertiary/aromatic N) is 2. The molecule has 1 rings (SSSR count). The summed E-state index contributed by atoms with van der Waals surface area (Å²) < 4.78 is 5.73. The summed E-state index contributed by atoms with van der Waals surface area (Å²) in [5, 5.41) is 25.8. The van der Waals surface area contributed by atoms with Crippen molar-refractivity contribution in [2.24, 2.45) is 0 Å². The van der Waals surface area contributed by atoms with Crippen LogP contribution in [0.1, 0.15) is 24.9 Å². The van der Waals surface area contributed by atoms with Crippen LogP contribution in [0.2, 0.25) is 0 Å². The summed E-state index contributed by atoms with van der Waals surface area (Å²) in [6.45, 7) is 3.18. The fourth-order valence-electron chi connectivity index (χ4n) is 2.06. The van der Waals surface area contributed by atoms with Gasteiger partial charge in [-0.1, -0.05) is 6.92 Å². The first-order chi connectivity index (χ1) is 11.9. The largest absolute Gasteiger partial charge is 0.464 e. The van der Waals surface area contributed by atoms with Crippen molar-refractivity contribution < 1.29 is 14.4 Å². The van der Waals surface area contributed by atoms with Gasteiger partial charge in [0, 0.05) is 12.3 Å². The van der Waals surface area contributed by atoms with Gasteiger partial charge in [0.1, 0.15) is 11.5 Å². The Balaban J connectivity index is 2.33. The monoisotopic (exact) mass is 372 g/mol. The lowest BCUT2D eigenvalue weighted by molar-refractivity contribution is -0.404. The first-order valence-corrected chi connectivity index (χ1v) is 9.36. The molecule has 1 aromatic rings. The van der Waals surface area contributed by atoms with E-state index in [0.717, 1.165) is 35.8 Å². The molecule has 1 unspecified atom stereocenters. The zero-order valence-electron chi connectivity index (χ0n) is 15.0. The average Bonchev–Trinajstić information content (AvgIpc) is 2.97. The summed E-state index contributed by atoms with van der Waals surface area (Å²) in [5.41, 5.74) is 0. The summed E-state index contributed by atoms with van der Waals surface area (Å²) in [4.78, 5) is 12.2. The molecule has 9 heteroatoms. The van der Waals surface area contributed by atoms with Gasteiger partial charge in [-0.3, -0.25) is 10.1 Å². The van der Waals surface area contributed by atoms with E-state index in [4.69, 9.17) is 4.42 Å². The second kappa shape index (κ2) is 11.8. The SMILES string of the molecule is CCC(CO)NC(=C[N+](=O)[O-])NCCSCc1ccc(CN(C)C)o1. The Bertz CT molecular complexity index is 544. The van der Waals surface area contributed by atoms with Gasteiger partial charge in [-0.15, -0.1) is 0 Å². The van der Waals surface area contributed by atoms with Crippen molar-refractivity contribution in [3.63, 3.8) is 0 Å². The second-order valence-corrected chi connectivity index (χ2v) is 6.95. The lowest BCUT2D eigenvalue weighted by Gasteiger charge is -2.17. The number of aliphatic hydroxyl groups excluding tert-OH is 1. The number of furan rings is 1. The minimum absolute atomic E-state index is 0.0737. The maximum atomic E-state index is 10.7. The molecule has 0 aliphatic rings. The predicted octanol–water partition coefficient (Wildman–Crippen LogP) is 1.60. The van der Waals surface area contributed by atoms with Crippen LogP contribution in [0.5, 0.6) is 0 Å². The number of nitro groups is 1. The summed E-state index contributed by atoms with van der Waals surface area (Å²) >= 11 is 1.69. The van der Waals surface area contributed by atoms with Crippen LogP contribution in [0.25, 0.3) is 0 Å². The van der Waals surface area contributed by atoms with Crippen molar-refractivity contribution >= 4 is 11.8 Å². The Morgan fingerprint density at radius 3 is 2.80 bits per heavy atom. The van der Waals surface area contributed by atoms with Crippen LogP contribution < -0.4 is 10.6 Å². The van der Waals surface area contributed by atoms with Gasteiger partial charge in [0.2, 0.25) is 0 Å². The summed E-state index contributed by atoms with van der Waals surface area (Å²) in [6, 6.07) is 3.76. The Labute approximate surface area is 152 Å². The third kappa shape index (κ3) is 9.37. The number of hydrogen-bond acceptors (Lipinski definition) is 8. The lowest BCUT2D eigenvalue weighted by Crippen LogP contribution is -2.38. The first kappa shape index (κ1) is 21.3. The minimum atomic E-state index is -0.512. The molecule has 25 heavy (non-hydrogen) atoms. The van der Waals surface area contributed by atoms with E-state index in [1.54, 1.807) is 11.8 Å². The molecule has 0 aromatic carbocycles. The maximum Gasteiger partial charge on any atom is 0.274 e. The molecule has 0 aliphatic carbocycles. The predicted molar refractivity (Wildman–Crippen MR) is 99.6 cm³/mol. The molecule has 1 aromatic heterocycles. The van der Waals surface area contributed by atoms with E-state index < -0.39 is 4.92 Å². The van der Waals surface area contributed by atoms with Gasteiger partial charge >= 0.3 is 0 Å². The van der Waals surface area contributed by atoms with Gasteiger partial charge in [-0.2, -0.15) is 11.8 Å². The maximum absolute atomic E-state index is 10.7. The van der Waals surface area contributed by atoms with Gasteiger partial charge in [0.05, 0.1) is 29.9 Å². The van der Waals surface area contributed by atoms with Crippen LogP contribution >= 0.6 is 11.8 Å². The van der Waals surface area contributed by atoms with E-state index >= 15 is 0 Å². The highest BCUT2D eigenvalue weighted by molar-refractivity contribution is 7.98. The van der Waals surface area contributed by atoms with E-state index in [1.165, 1.54) is 0 Å². The van der Waals surface area contributed by atoms with E-state index in [2.05, 4.69) is 10.6 Å². The molecule has 0 amide bonds. The van der Waals surface area contributed by atoms with Crippen molar-refractivity contribution in [3.8, 4) is 0 Å². The molecule has 0 bridgehead atoms. The first-order valence-electron chi connectivity index (χ1n) is 8.21. The smallest absolute Gasteiger partial charge is 0.274 e. The van der Waals surface area contributed by atoms with Gasteiger partial charge in [0.15, 0.2) is 5.82 Å². The van der Waals surface area contributed by atoms with Crippen molar-refractivity contribution in [1.82, 2.24) is 15.5 Å². The van der Waals surface area contributed by atoms with E-state index in [0.29, 0.717) is 18.8 Å². The topological polar surface area (TPSA) is 104 Å². The number of aliphatic hydroxyl groups is 1. The molecule has 0 saturated heterocycles. The van der Waals surface area contributed by atoms with Crippen molar-refractivity contribution in [3.05, 3.63) is 45.8 Å². The normalized spacial score (nSPS) is 13.1. The molecule has 0 radical (unpaired) electrons. The van der Waals surface area contributed by atoms with E-state index in [9.17, 15) is 15.2 Å². The average molecular weight is 372 g/mol. The molecule has 1 heterocycles. The molecule has 0 spiro atoms.